The number of nitrogens with zero attached hydrogens (tertiary/aromatic N) is 1. The van der Waals surface area contributed by atoms with Crippen LogP contribution < -0.4 is 11.2 Å². The van der Waals surface area contributed by atoms with Crippen LogP contribution in [0, 0.1) is 23.6 Å². The topological polar surface area (TPSA) is 87.7 Å². The first-order chi connectivity index (χ1) is 15.9. The van der Waals surface area contributed by atoms with Gasteiger partial charge < -0.3 is 10.9 Å². The monoisotopic (exact) mass is 463 g/mol. The number of phenols is 1. The van der Waals surface area contributed by atoms with Gasteiger partial charge in [0, 0.05) is 5.56 Å². The van der Waals surface area contributed by atoms with Crippen LogP contribution >= 0.6 is 11.8 Å². The second-order valence-corrected chi connectivity index (χ2v) is 11.2. The van der Waals surface area contributed by atoms with E-state index in [-0.39, 0.29) is 17.1 Å². The Morgan fingerprint density at radius 1 is 1.09 bits per heavy atom. The van der Waals surface area contributed by atoms with Gasteiger partial charge in [0.2, 0.25) is 0 Å². The van der Waals surface area contributed by atoms with Gasteiger partial charge in [-0.1, -0.05) is 18.2 Å². The minimum absolute atomic E-state index is 0.105. The minimum atomic E-state index is -0.559. The SMILES string of the molecule is NN=C1NC(=O)/C(=C\c2cccc(-c3cc(F)c(O)c(C45CC6CC(CC(C6)C4)C5)c3)c2)S1. The Morgan fingerprint density at radius 2 is 1.79 bits per heavy atom. The Labute approximate surface area is 196 Å². The lowest BCUT2D eigenvalue weighted by Crippen LogP contribution is -2.48. The number of nitrogens with two attached hydrogens (primary N) is 1. The number of hydrazone groups is 1. The van der Waals surface area contributed by atoms with Gasteiger partial charge in [-0.3, -0.25) is 10.1 Å². The van der Waals surface area contributed by atoms with Crippen molar-refractivity contribution >= 4 is 28.9 Å². The summed E-state index contributed by atoms with van der Waals surface area (Å²) in [5.74, 6) is 6.40. The normalized spacial score (nSPS) is 32.6. The molecular formula is C26H26FN3O2S. The zero-order valence-electron chi connectivity index (χ0n) is 18.2. The van der Waals surface area contributed by atoms with E-state index in [9.17, 15) is 9.90 Å². The van der Waals surface area contributed by atoms with Gasteiger partial charge in [-0.25, -0.2) is 4.39 Å². The molecule has 7 rings (SSSR count). The third kappa shape index (κ3) is 3.53. The predicted octanol–water partition coefficient (Wildman–Crippen LogP) is 5.10. The molecule has 7 heteroatoms. The molecule has 0 unspecified atom stereocenters. The Hall–Kier alpha value is -2.80. The quantitative estimate of drug-likeness (QED) is 0.336. The van der Waals surface area contributed by atoms with Crippen LogP contribution in [0.3, 0.4) is 0 Å². The van der Waals surface area contributed by atoms with Crippen molar-refractivity contribution in [2.24, 2.45) is 28.7 Å². The zero-order chi connectivity index (χ0) is 22.7. The standard InChI is InChI=1S/C26H26FN3O2S/c27-21-10-19(18-3-1-2-14(7-18)8-22-24(32)29-25(30-28)33-22)9-20(23(21)31)26-11-15-4-16(12-26)6-17(5-15)13-26/h1-3,7-10,15-17,31H,4-6,11-13,28H2,(H,29,30,32)/b22-8+. The first-order valence-corrected chi connectivity index (χ1v) is 12.4. The van der Waals surface area contributed by atoms with Gasteiger partial charge >= 0.3 is 0 Å². The third-order valence-corrected chi connectivity index (χ3v) is 8.88. The number of carbonyl (C=O) groups is 1. The highest BCUT2D eigenvalue weighted by Gasteiger charge is 2.52. The smallest absolute Gasteiger partial charge is 0.264 e. The Bertz CT molecular complexity index is 1190. The van der Waals surface area contributed by atoms with Crippen molar-refractivity contribution in [2.75, 3.05) is 0 Å². The predicted molar refractivity (Wildman–Crippen MR) is 129 cm³/mol. The highest BCUT2D eigenvalue weighted by Crippen LogP contribution is 2.62. The summed E-state index contributed by atoms with van der Waals surface area (Å²) in [6.45, 7) is 0. The number of benzene rings is 2. The summed E-state index contributed by atoms with van der Waals surface area (Å²) in [5, 5.41) is 17.3. The van der Waals surface area contributed by atoms with Gasteiger partial charge in [0.25, 0.3) is 5.91 Å². The van der Waals surface area contributed by atoms with Crippen LogP contribution in [0.5, 0.6) is 5.75 Å². The van der Waals surface area contributed by atoms with Gasteiger partial charge in [0.15, 0.2) is 16.7 Å². The van der Waals surface area contributed by atoms with Crippen LogP contribution in [0.4, 0.5) is 4.39 Å². The average molecular weight is 464 g/mol. The largest absolute Gasteiger partial charge is 0.505 e. The van der Waals surface area contributed by atoms with Crippen molar-refractivity contribution in [1.82, 2.24) is 5.32 Å². The van der Waals surface area contributed by atoms with Crippen LogP contribution in [0.25, 0.3) is 17.2 Å². The van der Waals surface area contributed by atoms with Crippen LogP contribution in [0.2, 0.25) is 0 Å². The lowest BCUT2D eigenvalue weighted by molar-refractivity contribution is -0.115. The summed E-state index contributed by atoms with van der Waals surface area (Å²) in [6.07, 6.45) is 8.82. The van der Waals surface area contributed by atoms with E-state index in [0.29, 0.717) is 27.8 Å². The van der Waals surface area contributed by atoms with E-state index >= 15 is 4.39 Å². The summed E-state index contributed by atoms with van der Waals surface area (Å²) >= 11 is 1.19. The molecule has 4 bridgehead atoms. The fourth-order valence-corrected chi connectivity index (χ4v) is 7.80. The first kappa shape index (κ1) is 20.8. The van der Waals surface area contributed by atoms with Gasteiger partial charge in [0.1, 0.15) is 0 Å². The second-order valence-electron chi connectivity index (χ2n) is 10.2. The fourth-order valence-electron chi connectivity index (χ4n) is 7.06. The number of rotatable bonds is 3. The number of nitrogens with one attached hydrogen (secondary N) is 1. The van der Waals surface area contributed by atoms with Crippen LogP contribution in [0.1, 0.15) is 49.7 Å². The Morgan fingerprint density at radius 3 is 2.42 bits per heavy atom. The Kier molecular flexibility index (Phi) is 4.80. The second kappa shape index (κ2) is 7.62. The van der Waals surface area contributed by atoms with Crippen LogP contribution in [-0.2, 0) is 10.2 Å². The first-order valence-electron chi connectivity index (χ1n) is 11.5. The maximum Gasteiger partial charge on any atom is 0.264 e. The lowest BCUT2D eigenvalue weighted by atomic mass is 9.48. The van der Waals surface area contributed by atoms with E-state index in [1.54, 1.807) is 6.08 Å². The highest BCUT2D eigenvalue weighted by molar-refractivity contribution is 8.18. The average Bonchev–Trinajstić information content (AvgIpc) is 3.14. The molecule has 0 radical (unpaired) electrons. The number of hydrogen-bond acceptors (Lipinski definition) is 5. The van der Waals surface area contributed by atoms with E-state index in [1.807, 2.05) is 30.3 Å². The number of hydrogen-bond donors (Lipinski definition) is 3. The molecule has 1 aliphatic heterocycles. The molecular weight excluding hydrogens is 437 g/mol. The number of carbonyl (C=O) groups excluding carboxylic acids is 1. The van der Waals surface area contributed by atoms with Gasteiger partial charge in [0.05, 0.1) is 4.91 Å². The van der Waals surface area contributed by atoms with Gasteiger partial charge in [-0.2, -0.15) is 5.10 Å². The molecule has 5 aliphatic rings. The molecule has 0 aromatic heterocycles. The van der Waals surface area contributed by atoms with Crippen molar-refractivity contribution in [3.8, 4) is 16.9 Å². The van der Waals surface area contributed by atoms with Crippen LogP contribution in [0.15, 0.2) is 46.4 Å². The number of halogens is 1. The van der Waals surface area contributed by atoms with Gasteiger partial charge in [-0.05, 0) is 114 Å². The minimum Gasteiger partial charge on any atom is -0.505 e. The molecule has 0 spiro atoms. The number of phenolic OH excluding ortho intramolecular Hbond substituents is 1. The third-order valence-electron chi connectivity index (χ3n) is 7.96. The summed E-state index contributed by atoms with van der Waals surface area (Å²) in [6, 6.07) is 11.1. The molecule has 4 saturated carbocycles. The van der Waals surface area contributed by atoms with E-state index in [0.717, 1.165) is 41.5 Å². The fraction of sp³-hybridized carbons (Fsp3) is 0.385. The lowest BCUT2D eigenvalue weighted by Gasteiger charge is -2.57. The van der Waals surface area contributed by atoms with Crippen molar-refractivity contribution in [3.05, 3.63) is 58.2 Å². The van der Waals surface area contributed by atoms with Crippen molar-refractivity contribution < 1.29 is 14.3 Å². The molecule has 1 heterocycles. The number of aromatic hydroxyl groups is 1. The molecule has 4 aliphatic carbocycles. The van der Waals surface area contributed by atoms with Crippen molar-refractivity contribution in [1.29, 1.82) is 0 Å². The maximum absolute atomic E-state index is 15.0. The number of amidine groups is 1. The number of amides is 1. The molecule has 33 heavy (non-hydrogen) atoms. The molecule has 170 valence electrons. The molecule has 0 atom stereocenters. The molecule has 5 nitrogen and oxygen atoms in total. The highest BCUT2D eigenvalue weighted by atomic mass is 32.2. The molecule has 4 N–H and O–H groups in total. The summed E-state index contributed by atoms with van der Waals surface area (Å²) in [7, 11) is 0. The molecule has 1 amide bonds. The van der Waals surface area contributed by atoms with E-state index in [1.165, 1.54) is 37.1 Å². The van der Waals surface area contributed by atoms with Gasteiger partial charge in [-0.15, -0.1) is 0 Å². The summed E-state index contributed by atoms with van der Waals surface area (Å²) < 4.78 is 15.0. The summed E-state index contributed by atoms with van der Waals surface area (Å²) in [4.78, 5) is 12.6. The van der Waals surface area contributed by atoms with E-state index in [2.05, 4.69) is 10.4 Å². The molecule has 1 saturated heterocycles. The van der Waals surface area contributed by atoms with Crippen LogP contribution in [-0.4, -0.2) is 16.2 Å². The summed E-state index contributed by atoms with van der Waals surface area (Å²) in [5.41, 5.74) is 3.11. The maximum atomic E-state index is 15.0. The molecule has 2 aromatic rings. The van der Waals surface area contributed by atoms with E-state index in [4.69, 9.17) is 5.84 Å². The molecule has 5 fully saturated rings. The molecule has 2 aromatic carbocycles. The Balaban J connectivity index is 1.38. The number of thioether (sulfide) groups is 1. The van der Waals surface area contributed by atoms with E-state index < -0.39 is 5.82 Å². The zero-order valence-corrected chi connectivity index (χ0v) is 19.0. The van der Waals surface area contributed by atoms with Crippen molar-refractivity contribution in [3.63, 3.8) is 0 Å². The van der Waals surface area contributed by atoms with Crippen molar-refractivity contribution in [2.45, 2.75) is 43.9 Å².